The summed E-state index contributed by atoms with van der Waals surface area (Å²) in [6.07, 6.45) is 3.76. The zero-order valence-electron chi connectivity index (χ0n) is 13.6. The van der Waals surface area contributed by atoms with E-state index in [-0.39, 0.29) is 12.2 Å². The highest BCUT2D eigenvalue weighted by atomic mass is 35.5. The molecular formula is C17H18ClN5O. The fourth-order valence-electron chi connectivity index (χ4n) is 3.21. The van der Waals surface area contributed by atoms with Crippen LogP contribution >= 0.6 is 11.6 Å². The van der Waals surface area contributed by atoms with Crippen molar-refractivity contribution in [2.24, 2.45) is 0 Å². The van der Waals surface area contributed by atoms with E-state index in [0.29, 0.717) is 5.02 Å². The number of benzene rings is 1. The fourth-order valence-corrected chi connectivity index (χ4v) is 3.33. The second kappa shape index (κ2) is 6.03. The number of aromatic nitrogens is 4. The van der Waals surface area contributed by atoms with Gasteiger partial charge in [0.05, 0.1) is 29.5 Å². The van der Waals surface area contributed by atoms with Gasteiger partial charge in [0.1, 0.15) is 12.1 Å². The van der Waals surface area contributed by atoms with Crippen molar-refractivity contribution in [3.63, 3.8) is 0 Å². The third-order valence-electron chi connectivity index (χ3n) is 4.14. The highest BCUT2D eigenvalue weighted by Gasteiger charge is 2.25. The lowest BCUT2D eigenvalue weighted by Gasteiger charge is -2.36. The number of rotatable bonds is 2. The zero-order valence-corrected chi connectivity index (χ0v) is 14.3. The maximum absolute atomic E-state index is 5.97. The first-order valence-electron chi connectivity index (χ1n) is 7.97. The molecule has 0 amide bonds. The molecule has 6 nitrogen and oxygen atoms in total. The number of morpholine rings is 1. The summed E-state index contributed by atoms with van der Waals surface area (Å²) in [4.78, 5) is 11.2. The second-order valence-electron chi connectivity index (χ2n) is 6.13. The molecule has 0 saturated carbocycles. The third kappa shape index (κ3) is 2.72. The van der Waals surface area contributed by atoms with E-state index in [9.17, 15) is 0 Å². The summed E-state index contributed by atoms with van der Waals surface area (Å²) in [5.74, 6) is 0.905. The highest BCUT2D eigenvalue weighted by molar-refractivity contribution is 6.30. The van der Waals surface area contributed by atoms with Gasteiger partial charge in [0.2, 0.25) is 0 Å². The lowest BCUT2D eigenvalue weighted by Crippen LogP contribution is -2.45. The molecule has 0 unspecified atom stereocenters. The van der Waals surface area contributed by atoms with Crippen molar-refractivity contribution in [2.75, 3.05) is 18.0 Å². The predicted molar refractivity (Wildman–Crippen MR) is 93.9 cm³/mol. The average molecular weight is 344 g/mol. The number of ether oxygens (including phenoxy) is 1. The molecule has 1 fully saturated rings. The smallest absolute Gasteiger partial charge is 0.168 e. The van der Waals surface area contributed by atoms with Crippen molar-refractivity contribution in [1.82, 2.24) is 19.7 Å². The van der Waals surface area contributed by atoms with E-state index in [1.807, 2.05) is 35.1 Å². The number of anilines is 1. The van der Waals surface area contributed by atoms with Crippen LogP contribution in [0.5, 0.6) is 0 Å². The van der Waals surface area contributed by atoms with Gasteiger partial charge in [-0.25, -0.2) is 14.6 Å². The van der Waals surface area contributed by atoms with Crippen molar-refractivity contribution in [2.45, 2.75) is 26.1 Å². The molecule has 7 heteroatoms. The first-order chi connectivity index (χ1) is 11.6. The number of hydrogen-bond acceptors (Lipinski definition) is 5. The molecule has 2 aromatic heterocycles. The van der Waals surface area contributed by atoms with Crippen LogP contribution in [0.25, 0.3) is 16.7 Å². The van der Waals surface area contributed by atoms with Gasteiger partial charge in [0.15, 0.2) is 5.65 Å². The van der Waals surface area contributed by atoms with Crippen molar-refractivity contribution < 1.29 is 4.74 Å². The molecule has 3 heterocycles. The van der Waals surface area contributed by atoms with E-state index in [2.05, 4.69) is 33.8 Å². The Labute approximate surface area is 145 Å². The van der Waals surface area contributed by atoms with Gasteiger partial charge in [0.25, 0.3) is 0 Å². The molecule has 1 aromatic carbocycles. The largest absolute Gasteiger partial charge is 0.372 e. The Kier molecular flexibility index (Phi) is 3.86. The standard InChI is InChI=1S/C17H18ClN5O/c1-11-8-22(9-12(2)24-11)16-15-7-21-23(17(15)20-10-19-16)14-5-3-13(18)4-6-14/h3-7,10-12H,8-9H2,1-2H3/t11-,12-/m0/s1. The molecule has 3 aromatic rings. The van der Waals surface area contributed by atoms with Gasteiger partial charge in [-0.05, 0) is 38.1 Å². The molecular weight excluding hydrogens is 326 g/mol. The zero-order chi connectivity index (χ0) is 16.7. The third-order valence-corrected chi connectivity index (χ3v) is 4.39. The predicted octanol–water partition coefficient (Wildman–Crippen LogP) is 3.08. The minimum absolute atomic E-state index is 0.171. The van der Waals surface area contributed by atoms with Gasteiger partial charge >= 0.3 is 0 Å². The van der Waals surface area contributed by atoms with E-state index in [0.717, 1.165) is 35.6 Å². The number of nitrogens with zero attached hydrogens (tertiary/aromatic N) is 5. The molecule has 1 saturated heterocycles. The molecule has 124 valence electrons. The van der Waals surface area contributed by atoms with Crippen molar-refractivity contribution in [1.29, 1.82) is 0 Å². The van der Waals surface area contributed by atoms with Crippen LogP contribution in [0.1, 0.15) is 13.8 Å². The fraction of sp³-hybridized carbons (Fsp3) is 0.353. The first kappa shape index (κ1) is 15.4. The molecule has 0 bridgehead atoms. The quantitative estimate of drug-likeness (QED) is 0.715. The second-order valence-corrected chi connectivity index (χ2v) is 6.57. The lowest BCUT2D eigenvalue weighted by molar-refractivity contribution is -0.00537. The molecule has 1 aliphatic heterocycles. The van der Waals surface area contributed by atoms with E-state index in [1.54, 1.807) is 6.33 Å². The Morgan fingerprint density at radius 1 is 1.08 bits per heavy atom. The molecule has 0 N–H and O–H groups in total. The van der Waals surface area contributed by atoms with E-state index in [4.69, 9.17) is 16.3 Å². The minimum atomic E-state index is 0.171. The van der Waals surface area contributed by atoms with Gasteiger partial charge in [-0.1, -0.05) is 11.6 Å². The molecule has 2 atom stereocenters. The minimum Gasteiger partial charge on any atom is -0.372 e. The monoisotopic (exact) mass is 343 g/mol. The topological polar surface area (TPSA) is 56.1 Å². The van der Waals surface area contributed by atoms with Crippen LogP contribution in [-0.2, 0) is 4.74 Å². The Bertz CT molecular complexity index is 853. The molecule has 0 spiro atoms. The van der Waals surface area contributed by atoms with Crippen LogP contribution in [-0.4, -0.2) is 45.0 Å². The number of halogens is 1. The number of hydrogen-bond donors (Lipinski definition) is 0. The summed E-state index contributed by atoms with van der Waals surface area (Å²) >= 11 is 5.97. The van der Waals surface area contributed by atoms with Gasteiger partial charge in [-0.2, -0.15) is 5.10 Å². The molecule has 0 aliphatic carbocycles. The highest BCUT2D eigenvalue weighted by Crippen LogP contribution is 2.27. The Morgan fingerprint density at radius 2 is 1.79 bits per heavy atom. The first-order valence-corrected chi connectivity index (χ1v) is 8.34. The summed E-state index contributed by atoms with van der Waals surface area (Å²) in [5, 5.41) is 6.14. The molecule has 24 heavy (non-hydrogen) atoms. The molecule has 4 rings (SSSR count). The molecule has 1 aliphatic rings. The van der Waals surface area contributed by atoms with Gasteiger partial charge in [-0.15, -0.1) is 0 Å². The average Bonchev–Trinajstić information content (AvgIpc) is 2.98. The Hall–Kier alpha value is -2.18. The maximum Gasteiger partial charge on any atom is 0.168 e. The van der Waals surface area contributed by atoms with Gasteiger partial charge in [0, 0.05) is 18.1 Å². The Morgan fingerprint density at radius 3 is 2.50 bits per heavy atom. The Balaban J connectivity index is 1.78. The van der Waals surface area contributed by atoms with E-state index < -0.39 is 0 Å². The van der Waals surface area contributed by atoms with Crippen molar-refractivity contribution >= 4 is 28.5 Å². The summed E-state index contributed by atoms with van der Waals surface area (Å²) in [6, 6.07) is 7.54. The van der Waals surface area contributed by atoms with Crippen molar-refractivity contribution in [3.8, 4) is 5.69 Å². The van der Waals surface area contributed by atoms with Gasteiger partial charge in [-0.3, -0.25) is 0 Å². The normalized spacial score (nSPS) is 21.4. The van der Waals surface area contributed by atoms with Crippen LogP contribution < -0.4 is 4.90 Å². The van der Waals surface area contributed by atoms with Gasteiger partial charge < -0.3 is 9.64 Å². The van der Waals surface area contributed by atoms with Crippen LogP contribution in [0, 0.1) is 0 Å². The number of fused-ring (bicyclic) bond motifs is 1. The van der Waals surface area contributed by atoms with Crippen LogP contribution in [0.15, 0.2) is 36.8 Å². The molecule has 0 radical (unpaired) electrons. The van der Waals surface area contributed by atoms with E-state index >= 15 is 0 Å². The summed E-state index contributed by atoms with van der Waals surface area (Å²) in [6.45, 7) is 5.78. The summed E-state index contributed by atoms with van der Waals surface area (Å²) in [7, 11) is 0. The summed E-state index contributed by atoms with van der Waals surface area (Å²) in [5.41, 5.74) is 1.71. The van der Waals surface area contributed by atoms with Crippen LogP contribution in [0.2, 0.25) is 5.02 Å². The van der Waals surface area contributed by atoms with E-state index in [1.165, 1.54) is 0 Å². The lowest BCUT2D eigenvalue weighted by atomic mass is 10.2. The van der Waals surface area contributed by atoms with Crippen molar-refractivity contribution in [3.05, 3.63) is 41.8 Å². The maximum atomic E-state index is 5.97. The summed E-state index contributed by atoms with van der Waals surface area (Å²) < 4.78 is 7.63. The van der Waals surface area contributed by atoms with Crippen LogP contribution in [0.4, 0.5) is 5.82 Å². The SMILES string of the molecule is C[C@H]1CN(c2ncnc3c2cnn3-c2ccc(Cl)cc2)C[C@H](C)O1. The van der Waals surface area contributed by atoms with Crippen LogP contribution in [0.3, 0.4) is 0 Å².